The van der Waals surface area contributed by atoms with Crippen LogP contribution in [0.4, 0.5) is 4.79 Å². The fourth-order valence-electron chi connectivity index (χ4n) is 4.63. The molecule has 2 aliphatic rings. The summed E-state index contributed by atoms with van der Waals surface area (Å²) in [5.41, 5.74) is 0.198. The Morgan fingerprint density at radius 1 is 1.07 bits per heavy atom. The van der Waals surface area contributed by atoms with Gasteiger partial charge in [-0.25, -0.2) is 4.79 Å². The number of benzene rings is 2. The van der Waals surface area contributed by atoms with Gasteiger partial charge in [0.05, 0.1) is 6.04 Å². The predicted octanol–water partition coefficient (Wildman–Crippen LogP) is 3.66. The molecule has 0 unspecified atom stereocenters. The molecule has 6 nitrogen and oxygen atoms in total. The third-order valence-electron chi connectivity index (χ3n) is 6.17. The van der Waals surface area contributed by atoms with E-state index in [-0.39, 0.29) is 24.4 Å². The van der Waals surface area contributed by atoms with Crippen LogP contribution >= 0.6 is 0 Å². The first kappa shape index (κ1) is 19.4. The van der Waals surface area contributed by atoms with Crippen LogP contribution in [0.1, 0.15) is 57.1 Å². The molecule has 1 saturated carbocycles. The van der Waals surface area contributed by atoms with Crippen molar-refractivity contribution >= 4 is 28.6 Å². The molecule has 2 fully saturated rings. The van der Waals surface area contributed by atoms with Gasteiger partial charge in [-0.3, -0.25) is 14.5 Å². The molecule has 152 valence electrons. The molecule has 4 rings (SSSR count). The molecule has 0 bridgehead atoms. The zero-order chi connectivity index (χ0) is 20.4. The van der Waals surface area contributed by atoms with Crippen molar-refractivity contribution in [1.29, 1.82) is 0 Å². The number of carbonyl (C=O) groups excluding carboxylic acids is 3. The lowest BCUT2D eigenvalue weighted by Crippen LogP contribution is -2.47. The van der Waals surface area contributed by atoms with Gasteiger partial charge in [-0.2, -0.15) is 0 Å². The zero-order valence-corrected chi connectivity index (χ0v) is 16.7. The van der Waals surface area contributed by atoms with Gasteiger partial charge in [0.2, 0.25) is 5.91 Å². The van der Waals surface area contributed by atoms with Crippen LogP contribution in [0.5, 0.6) is 0 Å². The lowest BCUT2D eigenvalue weighted by atomic mass is 9.90. The topological polar surface area (TPSA) is 78.5 Å². The van der Waals surface area contributed by atoms with Gasteiger partial charge in [-0.15, -0.1) is 0 Å². The minimum atomic E-state index is -0.810. The molecule has 2 N–H and O–H groups in total. The summed E-state index contributed by atoms with van der Waals surface area (Å²) in [4.78, 5) is 39.2. The number of amides is 4. The van der Waals surface area contributed by atoms with Crippen LogP contribution in [-0.2, 0) is 9.59 Å². The maximum absolute atomic E-state index is 13.0. The molecule has 0 aromatic heterocycles. The standard InChI is InChI=1S/C23H27N3O3/c1-16(18-12-8-10-17-9-4-5-11-19(17)18)24-20(27)15-26-21(28)23(25-22(26)29)13-6-2-3-7-14-23/h4-5,8-12,16H,2-3,6-7,13-15H2,1H3,(H,24,27)(H,25,29)/t16-/m0/s1. The van der Waals surface area contributed by atoms with Gasteiger partial charge in [-0.1, -0.05) is 68.1 Å². The highest BCUT2D eigenvalue weighted by molar-refractivity contribution is 6.09. The van der Waals surface area contributed by atoms with Gasteiger partial charge in [0.25, 0.3) is 5.91 Å². The van der Waals surface area contributed by atoms with Crippen molar-refractivity contribution in [3.8, 4) is 0 Å². The van der Waals surface area contributed by atoms with Gasteiger partial charge < -0.3 is 10.6 Å². The van der Waals surface area contributed by atoms with Gasteiger partial charge in [0, 0.05) is 0 Å². The molecule has 29 heavy (non-hydrogen) atoms. The fraction of sp³-hybridized carbons (Fsp3) is 0.435. The molecule has 1 aliphatic heterocycles. The summed E-state index contributed by atoms with van der Waals surface area (Å²) >= 11 is 0. The molecule has 1 aliphatic carbocycles. The first-order chi connectivity index (χ1) is 14.0. The van der Waals surface area contributed by atoms with E-state index in [4.69, 9.17) is 0 Å². The van der Waals surface area contributed by atoms with Crippen LogP contribution in [0.15, 0.2) is 42.5 Å². The van der Waals surface area contributed by atoms with Crippen molar-refractivity contribution in [2.45, 2.75) is 57.0 Å². The Hall–Kier alpha value is -2.89. The van der Waals surface area contributed by atoms with E-state index in [1.807, 2.05) is 49.4 Å². The number of nitrogens with zero attached hydrogens (tertiary/aromatic N) is 1. The first-order valence-electron chi connectivity index (χ1n) is 10.4. The smallest absolute Gasteiger partial charge is 0.325 e. The third-order valence-corrected chi connectivity index (χ3v) is 6.17. The lowest BCUT2D eigenvalue weighted by molar-refractivity contribution is -0.135. The monoisotopic (exact) mass is 393 g/mol. The average Bonchev–Trinajstić information content (AvgIpc) is 2.88. The molecule has 1 atom stereocenters. The van der Waals surface area contributed by atoms with Crippen LogP contribution in [-0.4, -0.2) is 34.8 Å². The SMILES string of the molecule is C[C@H](NC(=O)CN1C(=O)NC2(CCCCCC2)C1=O)c1cccc2ccccc12. The van der Waals surface area contributed by atoms with E-state index in [9.17, 15) is 14.4 Å². The fourth-order valence-corrected chi connectivity index (χ4v) is 4.63. The van der Waals surface area contributed by atoms with Crippen molar-refractivity contribution in [2.24, 2.45) is 0 Å². The highest BCUT2D eigenvalue weighted by Crippen LogP contribution is 2.32. The second kappa shape index (κ2) is 7.85. The van der Waals surface area contributed by atoms with Crippen LogP contribution in [0.25, 0.3) is 10.8 Å². The quantitative estimate of drug-likeness (QED) is 0.778. The molecule has 1 heterocycles. The Labute approximate surface area is 170 Å². The van der Waals surface area contributed by atoms with Crippen molar-refractivity contribution in [3.63, 3.8) is 0 Å². The Balaban J connectivity index is 1.45. The van der Waals surface area contributed by atoms with Gasteiger partial charge in [-0.05, 0) is 36.1 Å². The summed E-state index contributed by atoms with van der Waals surface area (Å²) in [6, 6.07) is 13.3. The average molecular weight is 393 g/mol. The van der Waals surface area contributed by atoms with Crippen molar-refractivity contribution in [1.82, 2.24) is 15.5 Å². The molecule has 1 spiro atoms. The lowest BCUT2D eigenvalue weighted by Gasteiger charge is -2.24. The molecule has 4 amide bonds. The Bertz CT molecular complexity index is 942. The number of carbonyl (C=O) groups is 3. The molecular formula is C23H27N3O3. The summed E-state index contributed by atoms with van der Waals surface area (Å²) in [6.45, 7) is 1.67. The number of fused-ring (bicyclic) bond motifs is 1. The number of nitrogens with one attached hydrogen (secondary N) is 2. The minimum Gasteiger partial charge on any atom is -0.348 e. The summed E-state index contributed by atoms with van der Waals surface area (Å²) in [6.07, 6.45) is 5.31. The Morgan fingerprint density at radius 2 is 1.76 bits per heavy atom. The second-order valence-electron chi connectivity index (χ2n) is 8.18. The van der Waals surface area contributed by atoms with E-state index in [2.05, 4.69) is 10.6 Å². The van der Waals surface area contributed by atoms with E-state index in [1.54, 1.807) is 0 Å². The van der Waals surface area contributed by atoms with Crippen LogP contribution in [0.3, 0.4) is 0 Å². The molecule has 1 saturated heterocycles. The zero-order valence-electron chi connectivity index (χ0n) is 16.7. The van der Waals surface area contributed by atoms with E-state index in [1.165, 1.54) is 0 Å². The second-order valence-corrected chi connectivity index (χ2v) is 8.18. The predicted molar refractivity (Wildman–Crippen MR) is 111 cm³/mol. The van der Waals surface area contributed by atoms with E-state index in [0.717, 1.165) is 46.9 Å². The first-order valence-corrected chi connectivity index (χ1v) is 10.4. The van der Waals surface area contributed by atoms with Crippen molar-refractivity contribution in [3.05, 3.63) is 48.0 Å². The summed E-state index contributed by atoms with van der Waals surface area (Å²) < 4.78 is 0. The summed E-state index contributed by atoms with van der Waals surface area (Å²) in [7, 11) is 0. The van der Waals surface area contributed by atoms with Gasteiger partial charge >= 0.3 is 6.03 Å². The number of imide groups is 1. The normalized spacial score (nSPS) is 19.8. The number of rotatable bonds is 4. The summed E-state index contributed by atoms with van der Waals surface area (Å²) in [5.74, 6) is -0.586. The van der Waals surface area contributed by atoms with Crippen LogP contribution in [0, 0.1) is 0 Å². The van der Waals surface area contributed by atoms with Gasteiger partial charge in [0.15, 0.2) is 0 Å². The maximum Gasteiger partial charge on any atom is 0.325 e. The van der Waals surface area contributed by atoms with E-state index >= 15 is 0 Å². The molecule has 2 aromatic rings. The highest BCUT2D eigenvalue weighted by Gasteiger charge is 2.51. The largest absolute Gasteiger partial charge is 0.348 e. The number of hydrogen-bond acceptors (Lipinski definition) is 3. The third kappa shape index (κ3) is 3.71. The molecule has 0 radical (unpaired) electrons. The van der Waals surface area contributed by atoms with Crippen LogP contribution in [0.2, 0.25) is 0 Å². The maximum atomic E-state index is 13.0. The Morgan fingerprint density at radius 3 is 2.52 bits per heavy atom. The van der Waals surface area contributed by atoms with E-state index in [0.29, 0.717) is 12.8 Å². The number of hydrogen-bond donors (Lipinski definition) is 2. The Kier molecular flexibility index (Phi) is 5.26. The molecule has 2 aromatic carbocycles. The molecular weight excluding hydrogens is 366 g/mol. The van der Waals surface area contributed by atoms with Crippen molar-refractivity contribution < 1.29 is 14.4 Å². The summed E-state index contributed by atoms with van der Waals surface area (Å²) in [5, 5.41) is 8.01. The number of urea groups is 1. The highest BCUT2D eigenvalue weighted by atomic mass is 16.2. The van der Waals surface area contributed by atoms with Crippen molar-refractivity contribution in [2.75, 3.05) is 6.54 Å². The van der Waals surface area contributed by atoms with Gasteiger partial charge in [0.1, 0.15) is 12.1 Å². The molecule has 6 heteroatoms. The van der Waals surface area contributed by atoms with Crippen LogP contribution < -0.4 is 10.6 Å². The minimum absolute atomic E-state index is 0.235. The van der Waals surface area contributed by atoms with E-state index < -0.39 is 11.6 Å².